The second-order valence-corrected chi connectivity index (χ2v) is 5.30. The minimum atomic E-state index is -1.22. The number of anilines is 1. The highest BCUT2D eigenvalue weighted by atomic mass is 16.4. The van der Waals surface area contributed by atoms with Crippen molar-refractivity contribution in [2.24, 2.45) is 10.2 Å². The molecule has 2 aromatic rings. The van der Waals surface area contributed by atoms with Gasteiger partial charge in [0.2, 0.25) is 0 Å². The lowest BCUT2D eigenvalue weighted by Gasteiger charge is -2.07. The zero-order chi connectivity index (χ0) is 20.0. The molecule has 0 atom stereocenters. The van der Waals surface area contributed by atoms with Crippen LogP contribution in [0.5, 0.6) is 0 Å². The van der Waals surface area contributed by atoms with E-state index in [1.807, 2.05) is 0 Å². The van der Waals surface area contributed by atoms with E-state index < -0.39 is 29.3 Å². The van der Waals surface area contributed by atoms with Gasteiger partial charge < -0.3 is 20.6 Å². The van der Waals surface area contributed by atoms with Gasteiger partial charge in [-0.1, -0.05) is 18.2 Å². The number of azo groups is 1. The Kier molecular flexibility index (Phi) is 6.00. The lowest BCUT2D eigenvalue weighted by molar-refractivity contribution is -0.113. The molecule has 0 aliphatic rings. The number of aromatic carboxylic acids is 2. The molecule has 27 heavy (non-hydrogen) atoms. The molecule has 0 radical (unpaired) electrons. The van der Waals surface area contributed by atoms with E-state index in [9.17, 15) is 19.5 Å². The van der Waals surface area contributed by atoms with Gasteiger partial charge in [-0.25, -0.2) is 9.59 Å². The first kappa shape index (κ1) is 19.3. The first-order chi connectivity index (χ1) is 12.8. The molecule has 0 saturated heterocycles. The van der Waals surface area contributed by atoms with Gasteiger partial charge in [0.05, 0.1) is 11.1 Å². The Morgan fingerprint density at radius 3 is 2.26 bits per heavy atom. The maximum absolute atomic E-state index is 12.3. The van der Waals surface area contributed by atoms with Crippen LogP contribution in [-0.2, 0) is 4.79 Å². The number of benzene rings is 2. The third kappa shape index (κ3) is 4.98. The lowest BCUT2D eigenvalue weighted by atomic mass is 10.2. The fraction of sp³-hybridized carbons (Fsp3) is 0.0556. The quantitative estimate of drug-likeness (QED) is 0.347. The number of carbonyl (C=O) groups is 3. The molecule has 9 nitrogen and oxygen atoms in total. The van der Waals surface area contributed by atoms with Crippen LogP contribution < -0.4 is 5.32 Å². The van der Waals surface area contributed by atoms with Crippen molar-refractivity contribution in [1.82, 2.24) is 0 Å². The van der Waals surface area contributed by atoms with Gasteiger partial charge in [-0.3, -0.25) is 4.79 Å². The summed E-state index contributed by atoms with van der Waals surface area (Å²) in [6.07, 6.45) is 0. The van der Waals surface area contributed by atoms with Crippen molar-refractivity contribution >= 4 is 29.2 Å². The second kappa shape index (κ2) is 8.39. The maximum atomic E-state index is 12.3. The molecule has 0 heterocycles. The largest absolute Gasteiger partial charge is 0.510 e. The van der Waals surface area contributed by atoms with Crippen molar-refractivity contribution in [3.8, 4) is 0 Å². The summed E-state index contributed by atoms with van der Waals surface area (Å²) >= 11 is 0. The molecular weight excluding hydrogens is 354 g/mol. The van der Waals surface area contributed by atoms with E-state index in [1.54, 1.807) is 6.07 Å². The van der Waals surface area contributed by atoms with Gasteiger partial charge >= 0.3 is 11.9 Å². The van der Waals surface area contributed by atoms with Gasteiger partial charge in [-0.2, -0.15) is 0 Å². The number of hydrogen-bond acceptors (Lipinski definition) is 6. The van der Waals surface area contributed by atoms with Crippen LogP contribution in [0.3, 0.4) is 0 Å². The fourth-order valence-corrected chi connectivity index (χ4v) is 2.05. The second-order valence-electron chi connectivity index (χ2n) is 5.30. The zero-order valence-corrected chi connectivity index (χ0v) is 14.1. The molecule has 0 fully saturated rings. The van der Waals surface area contributed by atoms with Gasteiger partial charge in [-0.15, -0.1) is 10.2 Å². The van der Waals surface area contributed by atoms with Crippen molar-refractivity contribution in [2.45, 2.75) is 6.92 Å². The van der Waals surface area contributed by atoms with Crippen LogP contribution in [0.2, 0.25) is 0 Å². The van der Waals surface area contributed by atoms with Gasteiger partial charge in [0, 0.05) is 5.69 Å². The standard InChI is InChI=1S/C18H15N3O6/c1-10(22)15(21-20-14-8-3-2-7-13(14)18(26)27)16(23)19-12-6-4-5-11(9-12)17(24)25/h2-9,22H,1H3,(H,19,23)(H,24,25)(H,26,27)/b15-10+,21-20?. The molecule has 2 aromatic carbocycles. The third-order valence-corrected chi connectivity index (χ3v) is 3.32. The van der Waals surface area contributed by atoms with Crippen LogP contribution in [-0.4, -0.2) is 33.2 Å². The number of carboxylic acids is 2. The van der Waals surface area contributed by atoms with Crippen molar-refractivity contribution in [3.63, 3.8) is 0 Å². The monoisotopic (exact) mass is 369 g/mol. The number of amides is 1. The van der Waals surface area contributed by atoms with Gasteiger partial charge in [0.25, 0.3) is 5.91 Å². The predicted molar refractivity (Wildman–Crippen MR) is 95.3 cm³/mol. The minimum Gasteiger partial charge on any atom is -0.510 e. The molecule has 0 spiro atoms. The van der Waals surface area contributed by atoms with Crippen molar-refractivity contribution in [2.75, 3.05) is 5.32 Å². The van der Waals surface area contributed by atoms with E-state index >= 15 is 0 Å². The Morgan fingerprint density at radius 2 is 1.63 bits per heavy atom. The summed E-state index contributed by atoms with van der Waals surface area (Å²) in [4.78, 5) is 34.5. The molecule has 0 saturated carbocycles. The van der Waals surface area contributed by atoms with E-state index in [0.29, 0.717) is 0 Å². The molecule has 138 valence electrons. The number of carbonyl (C=O) groups excluding carboxylic acids is 1. The van der Waals surface area contributed by atoms with Crippen LogP contribution in [0, 0.1) is 0 Å². The number of hydrogen-bond donors (Lipinski definition) is 4. The van der Waals surface area contributed by atoms with Crippen LogP contribution in [0.4, 0.5) is 11.4 Å². The van der Waals surface area contributed by atoms with Crippen LogP contribution in [0.25, 0.3) is 0 Å². The third-order valence-electron chi connectivity index (χ3n) is 3.32. The molecular formula is C18H15N3O6. The zero-order valence-electron chi connectivity index (χ0n) is 14.1. The fourth-order valence-electron chi connectivity index (χ4n) is 2.05. The smallest absolute Gasteiger partial charge is 0.337 e. The highest BCUT2D eigenvalue weighted by molar-refractivity contribution is 6.04. The lowest BCUT2D eigenvalue weighted by Crippen LogP contribution is -2.15. The van der Waals surface area contributed by atoms with E-state index in [1.165, 1.54) is 49.4 Å². The van der Waals surface area contributed by atoms with Crippen LogP contribution in [0.15, 0.2) is 70.2 Å². The summed E-state index contributed by atoms with van der Waals surface area (Å²) in [5.74, 6) is -3.66. The molecule has 1 amide bonds. The Labute approximate surface area is 153 Å². The van der Waals surface area contributed by atoms with Gasteiger partial charge in [0.1, 0.15) is 11.4 Å². The summed E-state index contributed by atoms with van der Waals surface area (Å²) in [5, 5.41) is 37.6. The van der Waals surface area contributed by atoms with E-state index in [2.05, 4.69) is 15.5 Å². The van der Waals surface area contributed by atoms with Crippen molar-refractivity contribution < 1.29 is 29.7 Å². The van der Waals surface area contributed by atoms with E-state index in [-0.39, 0.29) is 22.5 Å². The number of nitrogens with one attached hydrogen (secondary N) is 1. The number of rotatable bonds is 6. The molecule has 4 N–H and O–H groups in total. The highest BCUT2D eigenvalue weighted by Gasteiger charge is 2.15. The summed E-state index contributed by atoms with van der Waals surface area (Å²) in [7, 11) is 0. The van der Waals surface area contributed by atoms with E-state index in [0.717, 1.165) is 0 Å². The summed E-state index contributed by atoms with van der Waals surface area (Å²) < 4.78 is 0. The molecule has 0 unspecified atom stereocenters. The molecule has 0 aliphatic carbocycles. The Morgan fingerprint density at radius 1 is 0.926 bits per heavy atom. The summed E-state index contributed by atoms with van der Waals surface area (Å²) in [5.41, 5.74) is -0.415. The molecule has 0 aliphatic heterocycles. The number of allylic oxidation sites excluding steroid dienone is 1. The average molecular weight is 369 g/mol. The minimum absolute atomic E-state index is 0.00410. The van der Waals surface area contributed by atoms with E-state index in [4.69, 9.17) is 10.2 Å². The Hall–Kier alpha value is -4.01. The van der Waals surface area contributed by atoms with Gasteiger partial charge in [0.15, 0.2) is 5.70 Å². The maximum Gasteiger partial charge on any atom is 0.337 e. The number of aliphatic hydroxyl groups is 1. The molecule has 2 rings (SSSR count). The SMILES string of the molecule is C/C(O)=C(\N=Nc1ccccc1C(=O)O)C(=O)Nc1cccc(C(=O)O)c1. The van der Waals surface area contributed by atoms with Gasteiger partial charge in [-0.05, 0) is 37.3 Å². The van der Waals surface area contributed by atoms with Crippen LogP contribution >= 0.6 is 0 Å². The number of nitrogens with zero attached hydrogens (tertiary/aromatic N) is 2. The van der Waals surface area contributed by atoms with Crippen LogP contribution in [0.1, 0.15) is 27.6 Å². The summed E-state index contributed by atoms with van der Waals surface area (Å²) in [6, 6.07) is 11.3. The first-order valence-electron chi connectivity index (χ1n) is 7.58. The molecule has 0 bridgehead atoms. The van der Waals surface area contributed by atoms with Crippen molar-refractivity contribution in [1.29, 1.82) is 0 Å². The highest BCUT2D eigenvalue weighted by Crippen LogP contribution is 2.21. The molecule has 9 heteroatoms. The van der Waals surface area contributed by atoms with Crippen molar-refractivity contribution in [3.05, 3.63) is 71.1 Å². The first-order valence-corrected chi connectivity index (χ1v) is 7.58. The summed E-state index contributed by atoms with van der Waals surface area (Å²) in [6.45, 7) is 1.21. The number of carboxylic acid groups (broad SMARTS) is 2. The average Bonchev–Trinajstić information content (AvgIpc) is 2.62. The predicted octanol–water partition coefficient (Wildman–Crippen LogP) is 3.59. The topological polar surface area (TPSA) is 149 Å². The Bertz CT molecular complexity index is 961. The normalized spacial score (nSPS) is 11.7. The number of aliphatic hydroxyl groups excluding tert-OH is 1. The molecule has 0 aromatic heterocycles. The Balaban J connectivity index is 2.27.